The molecule has 82 valence electrons. The second kappa shape index (κ2) is 5.26. The molecule has 0 aliphatic heterocycles. The lowest BCUT2D eigenvalue weighted by atomic mass is 10.3. The van der Waals surface area contributed by atoms with E-state index in [1.54, 1.807) is 0 Å². The minimum absolute atomic E-state index is 0.0652. The van der Waals surface area contributed by atoms with Gasteiger partial charge in [0.1, 0.15) is 0 Å². The average molecular weight is 216 g/mol. The first kappa shape index (κ1) is 11.4. The summed E-state index contributed by atoms with van der Waals surface area (Å²) in [5.74, 6) is 2.25. The molecule has 0 fully saturated rings. The van der Waals surface area contributed by atoms with Gasteiger partial charge in [-0.1, -0.05) is 6.07 Å². The molecule has 1 aromatic rings. The number of hydrogen-bond donors (Lipinski definition) is 2. The number of benzene rings is 1. The summed E-state index contributed by atoms with van der Waals surface area (Å²) in [7, 11) is 0. The number of hydrazine groups is 1. The predicted molar refractivity (Wildman–Crippen MR) is 48.8 cm³/mol. The number of rotatable bonds is 4. The number of nitrogens with one attached hydrogen (secondary N) is 1. The van der Waals surface area contributed by atoms with Gasteiger partial charge in [-0.3, -0.25) is 10.2 Å². The topological polar surface area (TPSA) is 64.3 Å². The Hall–Kier alpha value is -1.69. The van der Waals surface area contributed by atoms with Crippen molar-refractivity contribution in [3.63, 3.8) is 0 Å². The third kappa shape index (κ3) is 3.17. The van der Waals surface area contributed by atoms with Crippen LogP contribution < -0.4 is 16.0 Å². The molecule has 0 aliphatic rings. The van der Waals surface area contributed by atoms with E-state index < -0.39 is 23.3 Å². The van der Waals surface area contributed by atoms with E-state index >= 15 is 0 Å². The zero-order valence-electron chi connectivity index (χ0n) is 7.80. The van der Waals surface area contributed by atoms with Gasteiger partial charge in [0.05, 0.1) is 13.0 Å². The summed E-state index contributed by atoms with van der Waals surface area (Å²) >= 11 is 0. The highest BCUT2D eigenvalue weighted by Crippen LogP contribution is 2.20. The molecule has 15 heavy (non-hydrogen) atoms. The summed E-state index contributed by atoms with van der Waals surface area (Å²) < 4.78 is 30.7. The van der Waals surface area contributed by atoms with Crippen molar-refractivity contribution in [2.24, 2.45) is 5.84 Å². The highest BCUT2D eigenvalue weighted by molar-refractivity contribution is 5.75. The summed E-state index contributed by atoms with van der Waals surface area (Å²) in [5, 5.41) is 0. The first-order chi connectivity index (χ1) is 7.15. The molecule has 4 nitrogen and oxygen atoms in total. The summed E-state index contributed by atoms with van der Waals surface area (Å²) in [6.45, 7) is -0.138. The van der Waals surface area contributed by atoms with Crippen LogP contribution in [-0.4, -0.2) is 12.5 Å². The van der Waals surface area contributed by atoms with Crippen LogP contribution in [0.4, 0.5) is 8.78 Å². The van der Waals surface area contributed by atoms with Crippen molar-refractivity contribution in [2.45, 2.75) is 6.42 Å². The van der Waals surface area contributed by atoms with Gasteiger partial charge in [0, 0.05) is 0 Å². The van der Waals surface area contributed by atoms with Gasteiger partial charge in [0.2, 0.25) is 5.91 Å². The second-order valence-corrected chi connectivity index (χ2v) is 2.72. The Balaban J connectivity index is 2.54. The zero-order chi connectivity index (χ0) is 11.3. The van der Waals surface area contributed by atoms with Crippen molar-refractivity contribution in [2.75, 3.05) is 6.61 Å². The van der Waals surface area contributed by atoms with Crippen LogP contribution >= 0.6 is 0 Å². The molecular weight excluding hydrogens is 206 g/mol. The summed E-state index contributed by atoms with van der Waals surface area (Å²) in [6.07, 6.45) is -0.0652. The Labute approximate surface area is 85.0 Å². The van der Waals surface area contributed by atoms with Crippen LogP contribution in [0.2, 0.25) is 0 Å². The zero-order valence-corrected chi connectivity index (χ0v) is 7.80. The number of amides is 1. The molecule has 0 heterocycles. The lowest BCUT2D eigenvalue weighted by molar-refractivity contribution is -0.121. The smallest absolute Gasteiger partial charge is 0.237 e. The van der Waals surface area contributed by atoms with E-state index in [2.05, 4.69) is 0 Å². The van der Waals surface area contributed by atoms with Crippen LogP contribution in [0.15, 0.2) is 18.2 Å². The maximum atomic E-state index is 13.0. The molecule has 0 radical (unpaired) electrons. The maximum absolute atomic E-state index is 13.0. The Morgan fingerprint density at radius 2 is 2.00 bits per heavy atom. The molecule has 0 spiro atoms. The Kier molecular flexibility index (Phi) is 3.99. The quantitative estimate of drug-likeness (QED) is 0.443. The molecule has 1 amide bonds. The van der Waals surface area contributed by atoms with Gasteiger partial charge in [-0.05, 0) is 12.1 Å². The Bertz CT molecular complexity index is 338. The van der Waals surface area contributed by atoms with Crippen LogP contribution in [0.5, 0.6) is 5.75 Å². The van der Waals surface area contributed by atoms with E-state index in [9.17, 15) is 13.6 Å². The predicted octanol–water partition coefficient (Wildman–Crippen LogP) is 0.724. The molecule has 0 bridgehead atoms. The number of halogens is 2. The van der Waals surface area contributed by atoms with Gasteiger partial charge in [-0.15, -0.1) is 0 Å². The van der Waals surface area contributed by atoms with Crippen LogP contribution in [-0.2, 0) is 4.79 Å². The fourth-order valence-corrected chi connectivity index (χ4v) is 0.938. The second-order valence-electron chi connectivity index (χ2n) is 2.72. The van der Waals surface area contributed by atoms with Gasteiger partial charge in [-0.2, -0.15) is 0 Å². The van der Waals surface area contributed by atoms with E-state index in [0.29, 0.717) is 0 Å². The number of carbonyl (C=O) groups excluding carboxylic acids is 1. The average Bonchev–Trinajstić information content (AvgIpc) is 2.22. The van der Waals surface area contributed by atoms with Crippen molar-refractivity contribution < 1.29 is 18.3 Å². The van der Waals surface area contributed by atoms with Crippen LogP contribution in [0.25, 0.3) is 0 Å². The van der Waals surface area contributed by atoms with Crippen LogP contribution in [0.1, 0.15) is 6.42 Å². The molecule has 0 saturated heterocycles. The van der Waals surface area contributed by atoms with Crippen molar-refractivity contribution >= 4 is 5.91 Å². The minimum atomic E-state index is -0.803. The van der Waals surface area contributed by atoms with Gasteiger partial charge >= 0.3 is 0 Å². The maximum Gasteiger partial charge on any atom is 0.237 e. The van der Waals surface area contributed by atoms with E-state index in [1.807, 2.05) is 5.43 Å². The van der Waals surface area contributed by atoms with E-state index in [0.717, 1.165) is 12.1 Å². The molecule has 1 aromatic carbocycles. The summed E-state index contributed by atoms with van der Waals surface area (Å²) in [5.41, 5.74) is 1.87. The van der Waals surface area contributed by atoms with Crippen LogP contribution in [0, 0.1) is 11.6 Å². The number of ether oxygens (including phenoxy) is 1. The molecule has 0 aliphatic carbocycles. The van der Waals surface area contributed by atoms with Gasteiger partial charge in [-0.25, -0.2) is 14.6 Å². The number of nitrogens with two attached hydrogens (primary N) is 1. The fourth-order valence-electron chi connectivity index (χ4n) is 0.938. The number of para-hydroxylation sites is 1. The Morgan fingerprint density at radius 1 is 1.40 bits per heavy atom. The highest BCUT2D eigenvalue weighted by Gasteiger charge is 2.09. The lowest BCUT2D eigenvalue weighted by Crippen LogP contribution is -2.31. The largest absolute Gasteiger partial charge is 0.487 e. The first-order valence-electron chi connectivity index (χ1n) is 4.21. The molecule has 0 aromatic heterocycles. The van der Waals surface area contributed by atoms with Gasteiger partial charge in [0.15, 0.2) is 17.4 Å². The third-order valence-corrected chi connectivity index (χ3v) is 1.66. The van der Waals surface area contributed by atoms with Crippen molar-refractivity contribution in [3.8, 4) is 5.75 Å². The molecular formula is C9H10F2N2O2. The number of carbonyl (C=O) groups is 1. The van der Waals surface area contributed by atoms with E-state index in [4.69, 9.17) is 10.6 Å². The third-order valence-electron chi connectivity index (χ3n) is 1.66. The van der Waals surface area contributed by atoms with Gasteiger partial charge < -0.3 is 4.74 Å². The standard InChI is InChI=1S/C9H10F2N2O2/c10-6-2-1-3-7(11)9(6)15-5-4-8(14)13-12/h1-3H,4-5,12H2,(H,13,14). The Morgan fingerprint density at radius 3 is 2.53 bits per heavy atom. The fraction of sp³-hybridized carbons (Fsp3) is 0.222. The molecule has 1 rings (SSSR count). The van der Waals surface area contributed by atoms with E-state index in [-0.39, 0.29) is 13.0 Å². The first-order valence-corrected chi connectivity index (χ1v) is 4.21. The van der Waals surface area contributed by atoms with Crippen LogP contribution in [0.3, 0.4) is 0 Å². The van der Waals surface area contributed by atoms with E-state index in [1.165, 1.54) is 6.07 Å². The monoisotopic (exact) mass is 216 g/mol. The van der Waals surface area contributed by atoms with Crippen molar-refractivity contribution in [1.82, 2.24) is 5.43 Å². The lowest BCUT2D eigenvalue weighted by Gasteiger charge is -2.07. The summed E-state index contributed by atoms with van der Waals surface area (Å²) in [6, 6.07) is 3.37. The SMILES string of the molecule is NNC(=O)CCOc1c(F)cccc1F. The normalized spacial score (nSPS) is 9.80. The minimum Gasteiger partial charge on any atom is -0.487 e. The molecule has 3 N–H and O–H groups in total. The van der Waals surface area contributed by atoms with Crippen molar-refractivity contribution in [1.29, 1.82) is 0 Å². The molecule has 0 saturated carbocycles. The summed E-state index contributed by atoms with van der Waals surface area (Å²) in [4.78, 5) is 10.7. The number of hydrogen-bond acceptors (Lipinski definition) is 3. The molecule has 6 heteroatoms. The molecule has 0 atom stereocenters. The highest BCUT2D eigenvalue weighted by atomic mass is 19.1. The van der Waals surface area contributed by atoms with Gasteiger partial charge in [0.25, 0.3) is 0 Å². The van der Waals surface area contributed by atoms with Crippen molar-refractivity contribution in [3.05, 3.63) is 29.8 Å². The molecule has 0 unspecified atom stereocenters.